The van der Waals surface area contributed by atoms with E-state index in [2.05, 4.69) is 18.2 Å². The van der Waals surface area contributed by atoms with Crippen LogP contribution >= 0.6 is 0 Å². The molecule has 1 aliphatic heterocycles. The van der Waals surface area contributed by atoms with E-state index in [0.29, 0.717) is 31.1 Å². The Balaban J connectivity index is 1.83. The Labute approximate surface area is 169 Å². The Hall–Kier alpha value is -3.25. The normalized spacial score (nSPS) is 13.8. The van der Waals surface area contributed by atoms with E-state index >= 15 is 0 Å². The van der Waals surface area contributed by atoms with Gasteiger partial charge in [-0.05, 0) is 29.0 Å². The fourth-order valence-corrected chi connectivity index (χ4v) is 3.65. The lowest BCUT2D eigenvalue weighted by Gasteiger charge is -2.25. The summed E-state index contributed by atoms with van der Waals surface area (Å²) >= 11 is 0. The van der Waals surface area contributed by atoms with Crippen molar-refractivity contribution in [3.63, 3.8) is 0 Å². The highest BCUT2D eigenvalue weighted by atomic mass is 16.6. The molecule has 1 atom stereocenters. The first-order chi connectivity index (χ1) is 14.1. The van der Waals surface area contributed by atoms with Crippen molar-refractivity contribution in [2.45, 2.75) is 12.5 Å². The number of ether oxygens (including phenoxy) is 4. The van der Waals surface area contributed by atoms with Crippen LogP contribution in [-0.4, -0.2) is 39.4 Å². The fraction of sp³-hybridized carbons (Fsp3) is 0.261. The molecule has 1 aliphatic rings. The molecule has 3 N–H and O–H groups in total. The fourth-order valence-electron chi connectivity index (χ4n) is 3.65. The van der Waals surface area contributed by atoms with Gasteiger partial charge in [0, 0.05) is 23.1 Å². The van der Waals surface area contributed by atoms with Crippen LogP contribution in [0.4, 0.5) is 0 Å². The highest BCUT2D eigenvalue weighted by Crippen LogP contribution is 2.46. The Morgan fingerprint density at radius 3 is 2.38 bits per heavy atom. The number of hydrogen-bond donors (Lipinski definition) is 2. The maximum absolute atomic E-state index is 7.80. The van der Waals surface area contributed by atoms with Gasteiger partial charge in [-0.2, -0.15) is 0 Å². The van der Waals surface area contributed by atoms with Gasteiger partial charge in [0.2, 0.25) is 0 Å². The van der Waals surface area contributed by atoms with Crippen LogP contribution in [-0.2, 0) is 11.2 Å². The molecule has 0 saturated heterocycles. The van der Waals surface area contributed by atoms with Crippen molar-refractivity contribution in [3.8, 4) is 28.4 Å². The molecule has 3 aromatic rings. The van der Waals surface area contributed by atoms with Crippen LogP contribution in [0.25, 0.3) is 21.9 Å². The summed E-state index contributed by atoms with van der Waals surface area (Å²) in [6, 6.07) is 15.7. The van der Waals surface area contributed by atoms with E-state index in [1.54, 1.807) is 7.11 Å². The van der Waals surface area contributed by atoms with Gasteiger partial charge in [0.25, 0.3) is 0 Å². The van der Waals surface area contributed by atoms with Crippen LogP contribution in [0, 0.1) is 5.41 Å². The number of hydrogen-bond acceptors (Lipinski definition) is 6. The molecule has 29 heavy (non-hydrogen) atoms. The summed E-state index contributed by atoms with van der Waals surface area (Å²) < 4.78 is 22.6. The average molecular weight is 392 g/mol. The molecule has 0 aliphatic carbocycles. The molecule has 1 heterocycles. The Morgan fingerprint density at radius 1 is 1.00 bits per heavy atom. The quantitative estimate of drug-likeness (QED) is 0.510. The molecule has 0 spiro atoms. The molecule has 0 saturated carbocycles. The zero-order valence-corrected chi connectivity index (χ0v) is 16.5. The van der Waals surface area contributed by atoms with E-state index in [-0.39, 0.29) is 5.90 Å². The predicted molar refractivity (Wildman–Crippen MR) is 113 cm³/mol. The number of nitrogens with one attached hydrogen (secondary N) is 1. The summed E-state index contributed by atoms with van der Waals surface area (Å²) in [6.07, 6.45) is 0.424. The molecular formula is C23H24N2O4. The maximum Gasteiger partial charge on any atom is 0.197 e. The van der Waals surface area contributed by atoms with Gasteiger partial charge < -0.3 is 24.7 Å². The third kappa shape index (κ3) is 3.59. The highest BCUT2D eigenvalue weighted by molar-refractivity contribution is 5.92. The second kappa shape index (κ2) is 8.01. The van der Waals surface area contributed by atoms with Gasteiger partial charge in [0.1, 0.15) is 19.0 Å². The van der Waals surface area contributed by atoms with E-state index in [1.165, 1.54) is 7.11 Å². The number of rotatable bonds is 5. The van der Waals surface area contributed by atoms with Crippen molar-refractivity contribution in [1.29, 1.82) is 5.41 Å². The van der Waals surface area contributed by atoms with Gasteiger partial charge in [-0.15, -0.1) is 0 Å². The van der Waals surface area contributed by atoms with Crippen LogP contribution < -0.4 is 19.9 Å². The number of benzene rings is 3. The van der Waals surface area contributed by atoms with Crippen molar-refractivity contribution >= 4 is 16.7 Å². The SMILES string of the molecule is COC(=N)[C@@H](N)Cc1ccc(-c2cc3ccccc3cc2OC)c2c1OCCO2. The van der Waals surface area contributed by atoms with Crippen LogP contribution in [0.2, 0.25) is 0 Å². The van der Waals surface area contributed by atoms with Gasteiger partial charge in [0.05, 0.1) is 20.3 Å². The van der Waals surface area contributed by atoms with Crippen LogP contribution in [0.3, 0.4) is 0 Å². The lowest BCUT2D eigenvalue weighted by molar-refractivity contribution is 0.170. The minimum absolute atomic E-state index is 0.0377. The summed E-state index contributed by atoms with van der Waals surface area (Å²) in [5, 5.41) is 10.0. The van der Waals surface area contributed by atoms with E-state index in [0.717, 1.165) is 33.2 Å². The van der Waals surface area contributed by atoms with Gasteiger partial charge in [-0.3, -0.25) is 5.41 Å². The molecule has 0 unspecified atom stereocenters. The number of nitrogens with two attached hydrogens (primary N) is 1. The second-order valence-corrected chi connectivity index (χ2v) is 6.91. The average Bonchev–Trinajstić information content (AvgIpc) is 2.77. The predicted octanol–water partition coefficient (Wildman–Crippen LogP) is 3.78. The van der Waals surface area contributed by atoms with Crippen molar-refractivity contribution < 1.29 is 18.9 Å². The number of fused-ring (bicyclic) bond motifs is 2. The van der Waals surface area contributed by atoms with Gasteiger partial charge in [-0.25, -0.2) is 0 Å². The Bertz CT molecular complexity index is 1060. The molecule has 0 fully saturated rings. The lowest BCUT2D eigenvalue weighted by Crippen LogP contribution is -2.33. The summed E-state index contributed by atoms with van der Waals surface area (Å²) in [5.74, 6) is 2.16. The van der Waals surface area contributed by atoms with Gasteiger partial charge in [0.15, 0.2) is 17.4 Å². The minimum atomic E-state index is -0.546. The molecule has 0 radical (unpaired) electrons. The topological polar surface area (TPSA) is 86.8 Å². The van der Waals surface area contributed by atoms with Crippen LogP contribution in [0.15, 0.2) is 48.5 Å². The molecule has 150 valence electrons. The molecule has 6 nitrogen and oxygen atoms in total. The van der Waals surface area contributed by atoms with Crippen molar-refractivity contribution in [2.75, 3.05) is 27.4 Å². The molecule has 0 amide bonds. The van der Waals surface area contributed by atoms with Crippen LogP contribution in [0.5, 0.6) is 17.2 Å². The first kappa shape index (κ1) is 19.1. The molecule has 6 heteroatoms. The lowest BCUT2D eigenvalue weighted by atomic mass is 9.95. The smallest absolute Gasteiger partial charge is 0.197 e. The minimum Gasteiger partial charge on any atom is -0.496 e. The first-order valence-corrected chi connectivity index (χ1v) is 9.49. The summed E-state index contributed by atoms with van der Waals surface area (Å²) in [7, 11) is 3.12. The molecule has 4 rings (SSSR count). The Kier molecular flexibility index (Phi) is 5.27. The maximum atomic E-state index is 7.80. The number of methoxy groups -OCH3 is 2. The van der Waals surface area contributed by atoms with Crippen molar-refractivity contribution in [2.24, 2.45) is 5.73 Å². The Morgan fingerprint density at radius 2 is 1.69 bits per heavy atom. The zero-order valence-electron chi connectivity index (χ0n) is 16.5. The molecule has 3 aromatic carbocycles. The van der Waals surface area contributed by atoms with Gasteiger partial charge in [-0.1, -0.05) is 30.3 Å². The highest BCUT2D eigenvalue weighted by Gasteiger charge is 2.24. The van der Waals surface area contributed by atoms with Crippen molar-refractivity contribution in [1.82, 2.24) is 0 Å². The summed E-state index contributed by atoms with van der Waals surface area (Å²) in [5.41, 5.74) is 8.81. The summed E-state index contributed by atoms with van der Waals surface area (Å²) in [6.45, 7) is 0.939. The van der Waals surface area contributed by atoms with E-state index in [1.807, 2.05) is 30.3 Å². The van der Waals surface area contributed by atoms with Crippen LogP contribution in [0.1, 0.15) is 5.56 Å². The van der Waals surface area contributed by atoms with Gasteiger partial charge >= 0.3 is 0 Å². The largest absolute Gasteiger partial charge is 0.496 e. The molecular weight excluding hydrogens is 368 g/mol. The zero-order chi connectivity index (χ0) is 20.4. The first-order valence-electron chi connectivity index (χ1n) is 9.49. The summed E-state index contributed by atoms with van der Waals surface area (Å²) in [4.78, 5) is 0. The third-order valence-corrected chi connectivity index (χ3v) is 5.12. The second-order valence-electron chi connectivity index (χ2n) is 6.91. The van der Waals surface area contributed by atoms with E-state index < -0.39 is 6.04 Å². The molecule has 0 bridgehead atoms. The third-order valence-electron chi connectivity index (χ3n) is 5.12. The van der Waals surface area contributed by atoms with E-state index in [9.17, 15) is 0 Å². The standard InChI is InChI=1S/C23H24N2O4/c1-26-20-13-15-6-4-3-5-14(15)11-18(20)17-8-7-16(12-19(24)23(25)27-2)21-22(17)29-10-9-28-21/h3-8,11,13,19,25H,9-10,12,24H2,1-2H3/t19-/m0/s1. The molecule has 0 aromatic heterocycles. The van der Waals surface area contributed by atoms with E-state index in [4.69, 9.17) is 30.1 Å². The van der Waals surface area contributed by atoms with Crippen molar-refractivity contribution in [3.05, 3.63) is 54.1 Å². The monoisotopic (exact) mass is 392 g/mol.